The van der Waals surface area contributed by atoms with Gasteiger partial charge in [0, 0.05) is 0 Å². The molecule has 2 amide bonds. The number of fused-ring (bicyclic) bond motifs is 1. The summed E-state index contributed by atoms with van der Waals surface area (Å²) in [6.45, 7) is 3.13. The fraction of sp³-hybridized carbons (Fsp3) is 0.438. The Morgan fingerprint density at radius 1 is 1.29 bits per heavy atom. The van der Waals surface area contributed by atoms with E-state index in [2.05, 4.69) is 5.32 Å². The Balaban J connectivity index is 1.74. The first-order valence-electron chi connectivity index (χ1n) is 7.54. The second kappa shape index (κ2) is 5.70. The molecule has 8 heteroatoms. The summed E-state index contributed by atoms with van der Waals surface area (Å²) < 4.78 is 11.5. The van der Waals surface area contributed by atoms with Crippen LogP contribution in [0.3, 0.4) is 0 Å². The number of nitrogens with zero attached hydrogens (tertiary/aromatic N) is 1. The molecule has 1 aromatic rings. The van der Waals surface area contributed by atoms with Crippen LogP contribution in [0.5, 0.6) is 0 Å². The van der Waals surface area contributed by atoms with Gasteiger partial charge in [-0.1, -0.05) is 30.3 Å². The maximum Gasteiger partial charge on any atom is 0.328 e. The number of aliphatic carboxylic acids is 1. The summed E-state index contributed by atoms with van der Waals surface area (Å²) >= 11 is 0. The van der Waals surface area contributed by atoms with E-state index >= 15 is 0 Å². The van der Waals surface area contributed by atoms with E-state index in [-0.39, 0.29) is 12.3 Å². The average Bonchev–Trinajstić information content (AvgIpc) is 2.71. The largest absolute Gasteiger partial charge is 0.480 e. The van der Waals surface area contributed by atoms with Crippen LogP contribution in [0.2, 0.25) is 0 Å². The highest BCUT2D eigenvalue weighted by Gasteiger charge is 2.68. The van der Waals surface area contributed by atoms with Crippen LogP contribution in [-0.4, -0.2) is 54.2 Å². The van der Waals surface area contributed by atoms with Crippen molar-refractivity contribution < 1.29 is 23.7 Å². The van der Waals surface area contributed by atoms with Crippen LogP contribution in [0.15, 0.2) is 30.3 Å². The van der Waals surface area contributed by atoms with Crippen LogP contribution in [-0.2, 0) is 31.6 Å². The lowest BCUT2D eigenvalue weighted by Crippen LogP contribution is -2.71. The van der Waals surface area contributed by atoms with Gasteiger partial charge in [0.1, 0.15) is 17.5 Å². The van der Waals surface area contributed by atoms with Crippen LogP contribution in [0.1, 0.15) is 19.4 Å². The first-order valence-corrected chi connectivity index (χ1v) is 8.75. The van der Waals surface area contributed by atoms with Gasteiger partial charge in [0.2, 0.25) is 11.8 Å². The molecule has 4 atom stereocenters. The minimum absolute atomic E-state index is 0.107. The molecule has 128 valence electrons. The van der Waals surface area contributed by atoms with Gasteiger partial charge in [-0.2, -0.15) is 0 Å². The molecular weight excluding hydrogens is 332 g/mol. The zero-order valence-electron chi connectivity index (χ0n) is 13.3. The first kappa shape index (κ1) is 16.6. The smallest absolute Gasteiger partial charge is 0.328 e. The molecule has 2 aliphatic rings. The molecule has 0 bridgehead atoms. The fourth-order valence-electron chi connectivity index (χ4n) is 3.30. The zero-order chi connectivity index (χ0) is 17.6. The van der Waals surface area contributed by atoms with Crippen molar-refractivity contribution in [2.75, 3.05) is 0 Å². The van der Waals surface area contributed by atoms with E-state index in [1.807, 2.05) is 18.2 Å². The molecule has 3 unspecified atom stereocenters. The molecular formula is C16H18N2O5S. The van der Waals surface area contributed by atoms with Crippen molar-refractivity contribution >= 4 is 28.6 Å². The van der Waals surface area contributed by atoms with E-state index < -0.39 is 44.9 Å². The molecule has 2 heterocycles. The lowest BCUT2D eigenvalue weighted by molar-refractivity contribution is -0.161. The minimum Gasteiger partial charge on any atom is -0.480 e. The van der Waals surface area contributed by atoms with E-state index in [1.165, 1.54) is 0 Å². The molecule has 2 aliphatic heterocycles. The third-order valence-electron chi connectivity index (χ3n) is 4.51. The van der Waals surface area contributed by atoms with Gasteiger partial charge in [-0.3, -0.25) is 13.8 Å². The lowest BCUT2D eigenvalue weighted by Gasteiger charge is -2.43. The van der Waals surface area contributed by atoms with Crippen molar-refractivity contribution in [3.05, 3.63) is 35.9 Å². The van der Waals surface area contributed by atoms with Crippen LogP contribution in [0.25, 0.3) is 0 Å². The summed E-state index contributed by atoms with van der Waals surface area (Å²) in [5, 5.41) is 11.2. The molecule has 0 aromatic heterocycles. The van der Waals surface area contributed by atoms with Crippen molar-refractivity contribution in [2.24, 2.45) is 0 Å². The second-order valence-corrected chi connectivity index (χ2v) is 8.62. The number of nitrogens with one attached hydrogen (secondary N) is 1. The maximum atomic E-state index is 12.6. The molecule has 2 N–H and O–H groups in total. The van der Waals surface area contributed by atoms with E-state index in [1.54, 1.807) is 26.0 Å². The van der Waals surface area contributed by atoms with Gasteiger partial charge in [-0.25, -0.2) is 4.79 Å². The topological polar surface area (TPSA) is 104 Å². The average molecular weight is 350 g/mol. The number of rotatable bonds is 4. The fourth-order valence-corrected chi connectivity index (χ4v) is 5.22. The van der Waals surface area contributed by atoms with Crippen molar-refractivity contribution in [1.82, 2.24) is 10.2 Å². The molecule has 0 aliphatic carbocycles. The summed E-state index contributed by atoms with van der Waals surface area (Å²) in [6.07, 6.45) is 0.107. The Morgan fingerprint density at radius 3 is 2.50 bits per heavy atom. The Labute approximate surface area is 141 Å². The predicted molar refractivity (Wildman–Crippen MR) is 86.4 cm³/mol. The molecule has 7 nitrogen and oxygen atoms in total. The summed E-state index contributed by atoms with van der Waals surface area (Å²) in [5.41, 5.74) is 0.801. The number of carboxylic acid groups (broad SMARTS) is 1. The maximum absolute atomic E-state index is 12.6. The summed E-state index contributed by atoms with van der Waals surface area (Å²) in [4.78, 5) is 37.0. The highest BCUT2D eigenvalue weighted by molar-refractivity contribution is 7.87. The molecule has 0 spiro atoms. The molecule has 2 saturated heterocycles. The standard InChI is InChI=1S/C16H18N2O5S/c1-16(2)12(15(21)22)18-13(20)11(14(18)24(16)23)17-10(19)8-9-6-4-3-5-7-9/h3-7,11-12,14H,8H2,1-2H3,(H,17,19)(H,21,22)/t11?,12?,14-,24?/m1/s1. The van der Waals surface area contributed by atoms with E-state index in [0.717, 1.165) is 10.5 Å². The van der Waals surface area contributed by atoms with Gasteiger partial charge >= 0.3 is 5.97 Å². The van der Waals surface area contributed by atoms with Crippen LogP contribution in [0.4, 0.5) is 0 Å². The number of carbonyl (C=O) groups is 3. The number of hydrogen-bond donors (Lipinski definition) is 2. The Kier molecular flexibility index (Phi) is 3.95. The molecule has 24 heavy (non-hydrogen) atoms. The Bertz CT molecular complexity index is 733. The number of amides is 2. The first-order chi connectivity index (χ1) is 11.2. The molecule has 2 fully saturated rings. The van der Waals surface area contributed by atoms with Gasteiger partial charge < -0.3 is 15.3 Å². The second-order valence-electron chi connectivity index (χ2n) is 6.49. The number of benzene rings is 1. The Hall–Kier alpha value is -2.22. The minimum atomic E-state index is -1.58. The SMILES string of the molecule is CC1(C)C(C(=O)O)N2C(=O)C(NC(=O)Cc3ccccc3)[C@H]2S1=O. The normalized spacial score (nSPS) is 30.4. The monoisotopic (exact) mass is 350 g/mol. The Morgan fingerprint density at radius 2 is 1.92 bits per heavy atom. The summed E-state index contributed by atoms with van der Waals surface area (Å²) in [6, 6.07) is 6.99. The van der Waals surface area contributed by atoms with E-state index in [4.69, 9.17) is 0 Å². The van der Waals surface area contributed by atoms with Gasteiger partial charge in [0.05, 0.1) is 22.0 Å². The van der Waals surface area contributed by atoms with E-state index in [9.17, 15) is 23.7 Å². The molecule has 0 saturated carbocycles. The molecule has 0 radical (unpaired) electrons. The van der Waals surface area contributed by atoms with Gasteiger partial charge in [-0.05, 0) is 19.4 Å². The van der Waals surface area contributed by atoms with Crippen molar-refractivity contribution in [1.29, 1.82) is 0 Å². The van der Waals surface area contributed by atoms with Crippen LogP contribution in [0, 0.1) is 0 Å². The van der Waals surface area contributed by atoms with Crippen molar-refractivity contribution in [3.8, 4) is 0 Å². The van der Waals surface area contributed by atoms with Gasteiger partial charge in [-0.15, -0.1) is 0 Å². The van der Waals surface area contributed by atoms with Gasteiger partial charge in [0.25, 0.3) is 0 Å². The summed E-state index contributed by atoms with van der Waals surface area (Å²) in [7, 11) is -1.58. The molecule has 3 rings (SSSR count). The third-order valence-corrected chi connectivity index (χ3v) is 6.71. The molecule has 1 aromatic carbocycles. The predicted octanol–water partition coefficient (Wildman–Crippen LogP) is -0.124. The number of carbonyl (C=O) groups excluding carboxylic acids is 2. The quantitative estimate of drug-likeness (QED) is 0.737. The number of β-lactam (4-membered cyclic amide) rings is 1. The zero-order valence-corrected chi connectivity index (χ0v) is 14.1. The highest BCUT2D eigenvalue weighted by atomic mass is 32.2. The third kappa shape index (κ3) is 2.41. The van der Waals surface area contributed by atoms with E-state index in [0.29, 0.717) is 0 Å². The lowest BCUT2D eigenvalue weighted by atomic mass is 9.96. The van der Waals surface area contributed by atoms with Crippen LogP contribution < -0.4 is 5.32 Å². The van der Waals surface area contributed by atoms with Crippen molar-refractivity contribution in [2.45, 2.75) is 42.5 Å². The number of hydrogen-bond acceptors (Lipinski definition) is 4. The highest BCUT2D eigenvalue weighted by Crippen LogP contribution is 2.43. The van der Waals surface area contributed by atoms with Crippen LogP contribution >= 0.6 is 0 Å². The summed E-state index contributed by atoms with van der Waals surface area (Å²) in [5.74, 6) is -2.03. The van der Waals surface area contributed by atoms with Crippen molar-refractivity contribution in [3.63, 3.8) is 0 Å². The number of carboxylic acids is 1. The van der Waals surface area contributed by atoms with Gasteiger partial charge in [0.15, 0.2) is 0 Å².